The second-order valence-electron chi connectivity index (χ2n) is 8.16. The number of nitrogens with zero attached hydrogens (tertiary/aromatic N) is 6. The molecule has 4 heterocycles. The first-order valence-electron chi connectivity index (χ1n) is 11.5. The van der Waals surface area contributed by atoms with Gasteiger partial charge in [0.05, 0.1) is 32.8 Å². The summed E-state index contributed by atoms with van der Waals surface area (Å²) in [5.74, 6) is 1.89. The number of pyridine rings is 2. The molecule has 5 aromatic rings. The van der Waals surface area contributed by atoms with E-state index >= 15 is 0 Å². The summed E-state index contributed by atoms with van der Waals surface area (Å²) in [6, 6.07) is 13.7. The fourth-order valence-corrected chi connectivity index (χ4v) is 3.98. The summed E-state index contributed by atoms with van der Waals surface area (Å²) in [6.07, 6.45) is 6.98. The van der Waals surface area contributed by atoms with Crippen LogP contribution in [0.2, 0.25) is 0 Å². The molecule has 0 saturated heterocycles. The van der Waals surface area contributed by atoms with Crippen molar-refractivity contribution in [2.75, 3.05) is 14.2 Å². The van der Waals surface area contributed by atoms with Crippen LogP contribution in [0.4, 0.5) is 0 Å². The topological polar surface area (TPSA) is 106 Å². The predicted molar refractivity (Wildman–Crippen MR) is 139 cm³/mol. The van der Waals surface area contributed by atoms with Gasteiger partial charge in [0.2, 0.25) is 5.88 Å². The number of aromatic nitrogens is 6. The van der Waals surface area contributed by atoms with Gasteiger partial charge < -0.3 is 23.6 Å². The molecule has 0 amide bonds. The lowest BCUT2D eigenvalue weighted by atomic mass is 10.1. The van der Waals surface area contributed by atoms with Crippen LogP contribution in [-0.4, -0.2) is 50.3 Å². The molecular weight excluding hydrogens is 472 g/mol. The van der Waals surface area contributed by atoms with Crippen molar-refractivity contribution in [2.45, 2.75) is 19.6 Å². The average Bonchev–Trinajstić information content (AvgIpc) is 3.56. The van der Waals surface area contributed by atoms with Gasteiger partial charge in [0.25, 0.3) is 0 Å². The lowest BCUT2D eigenvalue weighted by molar-refractivity contribution is -0.0980. The summed E-state index contributed by atoms with van der Waals surface area (Å²) in [5, 5.41) is 4.23. The maximum atomic E-state index is 8.00. The molecule has 0 radical (unpaired) electrons. The van der Waals surface area contributed by atoms with Crippen molar-refractivity contribution in [1.29, 1.82) is 0 Å². The Balaban J connectivity index is 0.00000156. The smallest absolute Gasteiger partial charge is 0.212 e. The van der Waals surface area contributed by atoms with Gasteiger partial charge in [0, 0.05) is 42.8 Å². The summed E-state index contributed by atoms with van der Waals surface area (Å²) in [7, 11) is 5.14. The van der Waals surface area contributed by atoms with Gasteiger partial charge in [-0.15, -0.1) is 0 Å². The van der Waals surface area contributed by atoms with E-state index in [4.69, 9.17) is 19.0 Å². The number of carbonyl (C=O) groups is 1. The monoisotopic (exact) mass is 500 g/mol. The summed E-state index contributed by atoms with van der Waals surface area (Å²) in [4.78, 5) is 21.5. The molecule has 0 N–H and O–H groups in total. The number of benzene rings is 1. The molecule has 0 aliphatic carbocycles. The Morgan fingerprint density at radius 2 is 1.78 bits per heavy atom. The molecule has 190 valence electrons. The highest BCUT2D eigenvalue weighted by atomic mass is 16.5. The van der Waals surface area contributed by atoms with Gasteiger partial charge in [-0.05, 0) is 42.8 Å². The predicted octanol–water partition coefficient (Wildman–Crippen LogP) is 4.25. The van der Waals surface area contributed by atoms with E-state index in [-0.39, 0.29) is 6.10 Å². The number of rotatable bonds is 8. The number of hydrogen-bond donors (Lipinski definition) is 0. The van der Waals surface area contributed by atoms with E-state index in [1.165, 1.54) is 0 Å². The molecule has 0 aliphatic heterocycles. The Labute approximate surface area is 214 Å². The van der Waals surface area contributed by atoms with E-state index in [0.717, 1.165) is 33.5 Å². The van der Waals surface area contributed by atoms with Crippen molar-refractivity contribution in [3.8, 4) is 28.6 Å². The Morgan fingerprint density at radius 3 is 2.46 bits per heavy atom. The van der Waals surface area contributed by atoms with E-state index in [9.17, 15) is 0 Å². The van der Waals surface area contributed by atoms with Gasteiger partial charge in [-0.1, -0.05) is 6.07 Å². The van der Waals surface area contributed by atoms with Gasteiger partial charge in [-0.25, -0.2) is 15.0 Å². The quantitative estimate of drug-likeness (QED) is 0.311. The summed E-state index contributed by atoms with van der Waals surface area (Å²) in [5.41, 5.74) is 5.61. The van der Waals surface area contributed by atoms with Crippen molar-refractivity contribution in [3.05, 3.63) is 78.5 Å². The number of aryl methyl sites for hydroxylation is 1. The van der Waals surface area contributed by atoms with Crippen LogP contribution < -0.4 is 14.2 Å². The zero-order chi connectivity index (χ0) is 26.4. The first-order chi connectivity index (χ1) is 18.1. The van der Waals surface area contributed by atoms with Crippen molar-refractivity contribution >= 4 is 18.0 Å². The molecule has 0 aliphatic rings. The fraction of sp³-hybridized carbons (Fsp3) is 0.222. The molecule has 1 aromatic carbocycles. The number of methoxy groups -OCH3 is 2. The normalized spacial score (nSPS) is 11.5. The molecule has 0 bridgehead atoms. The number of fused-ring (bicyclic) bond motifs is 1. The van der Waals surface area contributed by atoms with Crippen molar-refractivity contribution < 1.29 is 19.0 Å². The molecule has 5 rings (SSSR count). The standard InChI is InChI=1S/C26H26N6O3.CH2O/c1-17(19-6-8-25(34-4)27-13-19)35-23-7-5-18(11-24(23)33-3)15-32-16-29-21-12-20(14-28-26(21)32)22-9-10-30-31(22)2;1-2/h5-14,16-17H,15H2,1-4H3;1H2. The highest BCUT2D eigenvalue weighted by molar-refractivity contribution is 5.77. The van der Waals surface area contributed by atoms with Crippen LogP contribution in [-0.2, 0) is 18.4 Å². The minimum Gasteiger partial charge on any atom is -0.493 e. The van der Waals surface area contributed by atoms with Gasteiger partial charge in [0.1, 0.15) is 18.4 Å². The van der Waals surface area contributed by atoms with E-state index in [2.05, 4.69) is 20.1 Å². The lowest BCUT2D eigenvalue weighted by Gasteiger charge is -2.18. The summed E-state index contributed by atoms with van der Waals surface area (Å²) in [6.45, 7) is 4.57. The second kappa shape index (κ2) is 11.3. The van der Waals surface area contributed by atoms with Crippen molar-refractivity contribution in [1.82, 2.24) is 29.3 Å². The molecule has 0 fully saturated rings. The number of carbonyl (C=O) groups excluding carboxylic acids is 1. The third kappa shape index (κ3) is 5.43. The minimum absolute atomic E-state index is 0.205. The van der Waals surface area contributed by atoms with E-state index < -0.39 is 0 Å². The summed E-state index contributed by atoms with van der Waals surface area (Å²) < 4.78 is 20.8. The van der Waals surface area contributed by atoms with Gasteiger partial charge in [-0.2, -0.15) is 5.10 Å². The Kier molecular flexibility index (Phi) is 7.77. The number of imidazole rings is 1. The SMILES string of the molecule is C=O.COc1ccc(C(C)Oc2ccc(Cn3cnc4cc(-c5ccnn5C)cnc43)cc2OC)cn1. The van der Waals surface area contributed by atoms with Crippen LogP contribution in [0, 0.1) is 0 Å². The Bertz CT molecular complexity index is 1480. The first kappa shape index (κ1) is 25.4. The van der Waals surface area contributed by atoms with E-state index in [0.29, 0.717) is 23.9 Å². The van der Waals surface area contributed by atoms with Crippen LogP contribution in [0.25, 0.3) is 22.4 Å². The van der Waals surface area contributed by atoms with E-state index in [1.54, 1.807) is 32.9 Å². The molecule has 37 heavy (non-hydrogen) atoms. The number of ether oxygens (including phenoxy) is 3. The Morgan fingerprint density at radius 1 is 0.946 bits per heavy atom. The van der Waals surface area contributed by atoms with Crippen LogP contribution in [0.15, 0.2) is 67.4 Å². The average molecular weight is 501 g/mol. The zero-order valence-corrected chi connectivity index (χ0v) is 21.2. The maximum absolute atomic E-state index is 8.00. The highest BCUT2D eigenvalue weighted by Gasteiger charge is 2.14. The van der Waals surface area contributed by atoms with Crippen LogP contribution >= 0.6 is 0 Å². The maximum Gasteiger partial charge on any atom is 0.212 e. The van der Waals surface area contributed by atoms with Crippen LogP contribution in [0.3, 0.4) is 0 Å². The van der Waals surface area contributed by atoms with Crippen LogP contribution in [0.5, 0.6) is 17.4 Å². The minimum atomic E-state index is -0.205. The third-order valence-corrected chi connectivity index (χ3v) is 5.89. The Hall–Kier alpha value is -4.73. The van der Waals surface area contributed by atoms with Gasteiger partial charge in [-0.3, -0.25) is 4.68 Å². The molecule has 10 heteroatoms. The molecular formula is C27H28N6O4. The zero-order valence-electron chi connectivity index (χ0n) is 21.2. The van der Waals surface area contributed by atoms with E-state index in [1.807, 2.05) is 78.7 Å². The van der Waals surface area contributed by atoms with Gasteiger partial charge >= 0.3 is 0 Å². The summed E-state index contributed by atoms with van der Waals surface area (Å²) >= 11 is 0. The molecule has 1 unspecified atom stereocenters. The third-order valence-electron chi connectivity index (χ3n) is 5.89. The molecule has 10 nitrogen and oxygen atoms in total. The largest absolute Gasteiger partial charge is 0.493 e. The molecule has 0 saturated carbocycles. The van der Waals surface area contributed by atoms with Crippen molar-refractivity contribution in [2.24, 2.45) is 7.05 Å². The van der Waals surface area contributed by atoms with Crippen LogP contribution in [0.1, 0.15) is 24.2 Å². The molecule has 0 spiro atoms. The highest BCUT2D eigenvalue weighted by Crippen LogP contribution is 2.33. The first-order valence-corrected chi connectivity index (χ1v) is 11.5. The molecule has 1 atom stereocenters. The molecule has 4 aromatic heterocycles. The lowest BCUT2D eigenvalue weighted by Crippen LogP contribution is -2.06. The second-order valence-corrected chi connectivity index (χ2v) is 8.16. The van der Waals surface area contributed by atoms with Crippen molar-refractivity contribution in [3.63, 3.8) is 0 Å². The fourth-order valence-electron chi connectivity index (χ4n) is 3.98. The number of hydrogen-bond acceptors (Lipinski definition) is 8. The van der Waals surface area contributed by atoms with Gasteiger partial charge in [0.15, 0.2) is 17.1 Å².